The highest BCUT2D eigenvalue weighted by Crippen LogP contribution is 2.37. The van der Waals surface area contributed by atoms with E-state index in [-0.39, 0.29) is 30.2 Å². The Labute approximate surface area is 208 Å². The number of aromatic nitrogens is 1. The fourth-order valence-electron chi connectivity index (χ4n) is 5.42. The summed E-state index contributed by atoms with van der Waals surface area (Å²) < 4.78 is 41.5. The number of nitrogens with zero attached hydrogens (tertiary/aromatic N) is 3. The summed E-state index contributed by atoms with van der Waals surface area (Å²) in [6.45, 7) is 2.33. The quantitative estimate of drug-likeness (QED) is 0.522. The Morgan fingerprint density at radius 3 is 2.53 bits per heavy atom. The fraction of sp³-hybridized carbons (Fsp3) is 0.429. The van der Waals surface area contributed by atoms with Crippen molar-refractivity contribution in [1.29, 1.82) is 0 Å². The van der Waals surface area contributed by atoms with Crippen LogP contribution < -0.4 is 4.74 Å². The average molecular weight is 494 g/mol. The number of benzene rings is 2. The molecule has 1 aromatic heterocycles. The topological polar surface area (TPSA) is 54.9 Å². The van der Waals surface area contributed by atoms with E-state index in [1.807, 2.05) is 29.2 Å². The van der Waals surface area contributed by atoms with Crippen molar-refractivity contribution in [3.8, 4) is 16.9 Å². The average Bonchev–Trinajstić information content (AvgIpc) is 3.74. The number of halogens is 2. The number of morpholine rings is 1. The molecule has 1 spiro atoms. The number of methoxy groups -OCH3 is 1. The van der Waals surface area contributed by atoms with Crippen molar-refractivity contribution in [2.45, 2.75) is 43.9 Å². The molecular formula is C28H29F2N3O3. The molecule has 3 fully saturated rings. The number of hydrogen-bond acceptors (Lipinski definition) is 5. The van der Waals surface area contributed by atoms with Gasteiger partial charge < -0.3 is 14.4 Å². The van der Waals surface area contributed by atoms with E-state index in [4.69, 9.17) is 9.47 Å². The standard InChI is InChI=1S/C28H29F2N3O3/c1-35-22-10-19-3-2-18(13-26(19)31-14-22)20-11-24(29)23(25(30)12-20)15-32-8-6-28(7-9-32)17-33(21-4-5-21)27(34)16-36-28/h2-3,10-14,21H,4-9,15-17H2,1H3. The van der Waals surface area contributed by atoms with Gasteiger partial charge in [0.25, 0.3) is 0 Å². The smallest absolute Gasteiger partial charge is 0.248 e. The largest absolute Gasteiger partial charge is 0.495 e. The molecule has 3 aromatic rings. The van der Waals surface area contributed by atoms with E-state index in [0.29, 0.717) is 42.6 Å². The lowest BCUT2D eigenvalue weighted by molar-refractivity contribution is -0.172. The first-order chi connectivity index (χ1) is 17.4. The molecule has 2 saturated heterocycles. The molecule has 0 radical (unpaired) electrons. The van der Waals surface area contributed by atoms with Gasteiger partial charge in [-0.05, 0) is 61.1 Å². The number of rotatable bonds is 5. The minimum Gasteiger partial charge on any atom is -0.495 e. The van der Waals surface area contributed by atoms with Crippen molar-refractivity contribution in [1.82, 2.24) is 14.8 Å². The van der Waals surface area contributed by atoms with Crippen LogP contribution in [0.25, 0.3) is 22.0 Å². The van der Waals surface area contributed by atoms with E-state index in [2.05, 4.69) is 9.88 Å². The predicted octanol–water partition coefficient (Wildman–Crippen LogP) is 4.54. The molecule has 6 nitrogen and oxygen atoms in total. The molecule has 3 heterocycles. The number of likely N-dealkylation sites (tertiary alicyclic amines) is 1. The van der Waals surface area contributed by atoms with Gasteiger partial charge in [-0.25, -0.2) is 8.78 Å². The Bertz CT molecular complexity index is 1300. The third kappa shape index (κ3) is 4.44. The number of carbonyl (C=O) groups is 1. The number of carbonyl (C=O) groups excluding carboxylic acids is 1. The van der Waals surface area contributed by atoms with E-state index in [1.54, 1.807) is 13.3 Å². The second kappa shape index (κ2) is 9.09. The number of piperidine rings is 1. The van der Waals surface area contributed by atoms with E-state index in [0.717, 1.165) is 36.6 Å². The summed E-state index contributed by atoms with van der Waals surface area (Å²) in [5.74, 6) is -0.360. The molecule has 0 N–H and O–H groups in total. The zero-order valence-corrected chi connectivity index (χ0v) is 20.3. The van der Waals surface area contributed by atoms with Crippen LogP contribution in [-0.2, 0) is 16.1 Å². The lowest BCUT2D eigenvalue weighted by atomic mass is 9.89. The van der Waals surface area contributed by atoms with Crippen molar-refractivity contribution in [2.24, 2.45) is 0 Å². The molecule has 1 amide bonds. The van der Waals surface area contributed by atoms with Crippen LogP contribution >= 0.6 is 0 Å². The zero-order valence-electron chi connectivity index (χ0n) is 20.3. The number of hydrogen-bond donors (Lipinski definition) is 0. The second-order valence-electron chi connectivity index (χ2n) is 10.2. The minimum atomic E-state index is -0.549. The Balaban J connectivity index is 1.15. The normalized spacial score (nSPS) is 20.3. The van der Waals surface area contributed by atoms with Crippen LogP contribution in [0.4, 0.5) is 8.78 Å². The second-order valence-corrected chi connectivity index (χ2v) is 10.2. The molecule has 1 saturated carbocycles. The predicted molar refractivity (Wildman–Crippen MR) is 132 cm³/mol. The van der Waals surface area contributed by atoms with Crippen LogP contribution in [0, 0.1) is 11.6 Å². The highest BCUT2D eigenvalue weighted by atomic mass is 19.1. The van der Waals surface area contributed by atoms with Crippen LogP contribution in [0.3, 0.4) is 0 Å². The van der Waals surface area contributed by atoms with Gasteiger partial charge in [-0.1, -0.05) is 12.1 Å². The molecule has 0 unspecified atom stereocenters. The van der Waals surface area contributed by atoms with Crippen molar-refractivity contribution < 1.29 is 23.0 Å². The van der Waals surface area contributed by atoms with Crippen molar-refractivity contribution >= 4 is 16.8 Å². The van der Waals surface area contributed by atoms with Gasteiger partial charge in [-0.2, -0.15) is 0 Å². The number of fused-ring (bicyclic) bond motifs is 1. The molecule has 2 aliphatic heterocycles. The van der Waals surface area contributed by atoms with E-state index < -0.39 is 11.6 Å². The summed E-state index contributed by atoms with van der Waals surface area (Å²) in [4.78, 5) is 20.6. The molecular weight excluding hydrogens is 464 g/mol. The minimum absolute atomic E-state index is 0.0803. The first-order valence-electron chi connectivity index (χ1n) is 12.5. The maximum absolute atomic E-state index is 15.1. The number of pyridine rings is 1. The van der Waals surface area contributed by atoms with E-state index in [1.165, 1.54) is 12.1 Å². The summed E-state index contributed by atoms with van der Waals surface area (Å²) in [6, 6.07) is 10.6. The lowest BCUT2D eigenvalue weighted by Gasteiger charge is -2.47. The van der Waals surface area contributed by atoms with Crippen LogP contribution in [0.5, 0.6) is 5.75 Å². The van der Waals surface area contributed by atoms with Gasteiger partial charge in [0, 0.05) is 36.6 Å². The zero-order chi connectivity index (χ0) is 24.9. The van der Waals surface area contributed by atoms with E-state index in [9.17, 15) is 4.79 Å². The van der Waals surface area contributed by atoms with E-state index >= 15 is 8.78 Å². The monoisotopic (exact) mass is 493 g/mol. The molecule has 8 heteroatoms. The first kappa shape index (κ1) is 23.3. The van der Waals surface area contributed by atoms with Crippen LogP contribution in [-0.4, -0.2) is 65.7 Å². The summed E-state index contributed by atoms with van der Waals surface area (Å²) in [5.41, 5.74) is 1.66. The lowest BCUT2D eigenvalue weighted by Crippen LogP contribution is -2.59. The third-order valence-electron chi connectivity index (χ3n) is 7.79. The molecule has 3 aliphatic rings. The molecule has 1 aliphatic carbocycles. The van der Waals surface area contributed by atoms with Crippen molar-refractivity contribution in [3.63, 3.8) is 0 Å². The van der Waals surface area contributed by atoms with Gasteiger partial charge in [-0.3, -0.25) is 14.7 Å². The SMILES string of the molecule is COc1cnc2cc(-c3cc(F)c(CN4CCC5(CC4)CN(C4CC4)C(=O)CO5)c(F)c3)ccc2c1. The molecule has 188 valence electrons. The van der Waals surface area contributed by atoms with Gasteiger partial charge in [0.15, 0.2) is 0 Å². The van der Waals surface area contributed by atoms with Gasteiger partial charge in [0.1, 0.15) is 24.0 Å². The summed E-state index contributed by atoms with van der Waals surface area (Å²) >= 11 is 0. The van der Waals surface area contributed by atoms with Crippen LogP contribution in [0.2, 0.25) is 0 Å². The molecule has 6 rings (SSSR count). The molecule has 0 atom stereocenters. The molecule has 0 bridgehead atoms. The van der Waals surface area contributed by atoms with Crippen LogP contribution in [0.15, 0.2) is 42.6 Å². The molecule has 2 aromatic carbocycles. The Kier molecular flexibility index (Phi) is 5.88. The highest BCUT2D eigenvalue weighted by Gasteiger charge is 2.46. The summed E-state index contributed by atoms with van der Waals surface area (Å²) in [5, 5.41) is 0.894. The van der Waals surface area contributed by atoms with Gasteiger partial charge in [-0.15, -0.1) is 0 Å². The Morgan fingerprint density at radius 1 is 1.08 bits per heavy atom. The maximum atomic E-state index is 15.1. The highest BCUT2D eigenvalue weighted by molar-refractivity contribution is 5.85. The van der Waals surface area contributed by atoms with Crippen LogP contribution in [0.1, 0.15) is 31.2 Å². The number of amides is 1. The third-order valence-corrected chi connectivity index (χ3v) is 7.79. The van der Waals surface area contributed by atoms with Gasteiger partial charge in [0.05, 0.1) is 31.0 Å². The van der Waals surface area contributed by atoms with Gasteiger partial charge in [0.2, 0.25) is 5.91 Å². The fourth-order valence-corrected chi connectivity index (χ4v) is 5.42. The van der Waals surface area contributed by atoms with Crippen molar-refractivity contribution in [3.05, 3.63) is 59.8 Å². The van der Waals surface area contributed by atoms with Gasteiger partial charge >= 0.3 is 0 Å². The summed E-state index contributed by atoms with van der Waals surface area (Å²) in [6.07, 6.45) is 5.28. The first-order valence-corrected chi connectivity index (χ1v) is 12.5. The number of ether oxygens (including phenoxy) is 2. The Hall–Kier alpha value is -3.10. The van der Waals surface area contributed by atoms with Crippen molar-refractivity contribution in [2.75, 3.05) is 33.4 Å². The Morgan fingerprint density at radius 2 is 1.83 bits per heavy atom. The molecule has 36 heavy (non-hydrogen) atoms. The summed E-state index contributed by atoms with van der Waals surface area (Å²) in [7, 11) is 1.58. The maximum Gasteiger partial charge on any atom is 0.248 e.